The molecule has 2 rings (SSSR count). The van der Waals surface area contributed by atoms with Gasteiger partial charge in [0.2, 0.25) is 5.91 Å². The molecular weight excluding hydrogens is 533 g/mol. The van der Waals surface area contributed by atoms with Crippen LogP contribution < -0.4 is 16.3 Å². The van der Waals surface area contributed by atoms with Gasteiger partial charge in [-0.05, 0) is 24.4 Å². The monoisotopic (exact) mass is 568 g/mol. The second-order valence-corrected chi connectivity index (χ2v) is 15.8. The van der Waals surface area contributed by atoms with Crippen molar-refractivity contribution in [3.05, 3.63) is 22.2 Å². The molecule has 0 saturated carbocycles. The van der Waals surface area contributed by atoms with Gasteiger partial charge in [-0.15, -0.1) is 11.8 Å². The number of thioether (sulfide) groups is 1. The lowest BCUT2D eigenvalue weighted by molar-refractivity contribution is -0.173. The van der Waals surface area contributed by atoms with Gasteiger partial charge in [-0.2, -0.15) is 18.2 Å². The van der Waals surface area contributed by atoms with Gasteiger partial charge in [0.1, 0.15) is 18.1 Å². The quantitative estimate of drug-likeness (QED) is 0.326. The third-order valence-electron chi connectivity index (χ3n) is 6.32. The van der Waals surface area contributed by atoms with E-state index in [2.05, 4.69) is 44.2 Å². The van der Waals surface area contributed by atoms with Gasteiger partial charge >= 0.3 is 17.8 Å². The number of carbonyl (C=O) groups is 2. The van der Waals surface area contributed by atoms with Crippen molar-refractivity contribution in [2.75, 3.05) is 24.1 Å². The number of anilines is 1. The maximum atomic E-state index is 12.8. The minimum absolute atomic E-state index is 0.00134. The van der Waals surface area contributed by atoms with Gasteiger partial charge in [0, 0.05) is 31.6 Å². The Kier molecular flexibility index (Phi) is 10.4. The third-order valence-corrected chi connectivity index (χ3v) is 11.2. The van der Waals surface area contributed by atoms with Crippen LogP contribution in [0.3, 0.4) is 0 Å². The van der Waals surface area contributed by atoms with Crippen LogP contribution in [0.2, 0.25) is 18.1 Å². The van der Waals surface area contributed by atoms with E-state index in [4.69, 9.17) is 13.9 Å². The Morgan fingerprint density at radius 3 is 2.49 bits per heavy atom. The Balaban J connectivity index is 2.33. The number of amides is 2. The normalized spacial score (nSPS) is 20.6. The summed E-state index contributed by atoms with van der Waals surface area (Å²) in [5.74, 6) is -2.61. The molecule has 0 radical (unpaired) electrons. The Morgan fingerprint density at radius 1 is 1.30 bits per heavy atom. The average Bonchev–Trinajstić information content (AvgIpc) is 3.16. The van der Waals surface area contributed by atoms with Crippen LogP contribution in [-0.4, -0.2) is 66.9 Å². The number of nitrogens with one attached hydrogen (secondary N) is 2. The summed E-state index contributed by atoms with van der Waals surface area (Å²) in [5.41, 5.74) is -0.784. The molecule has 2 amide bonds. The molecule has 37 heavy (non-hydrogen) atoms. The van der Waals surface area contributed by atoms with E-state index in [1.54, 1.807) is 5.32 Å². The van der Waals surface area contributed by atoms with Crippen molar-refractivity contribution in [2.24, 2.45) is 0 Å². The summed E-state index contributed by atoms with van der Waals surface area (Å²) in [7, 11) is -2.11. The van der Waals surface area contributed by atoms with Gasteiger partial charge in [-0.25, -0.2) is 4.79 Å². The Hall–Kier alpha value is -1.94. The molecule has 1 aliphatic heterocycles. The molecule has 1 aliphatic rings. The molecule has 2 heterocycles. The molecule has 3 atom stereocenters. The summed E-state index contributed by atoms with van der Waals surface area (Å²) in [6.45, 7) is 11.3. The number of rotatable bonds is 10. The van der Waals surface area contributed by atoms with Gasteiger partial charge in [0.25, 0.3) is 0 Å². The molecule has 1 aromatic rings. The van der Waals surface area contributed by atoms with Crippen molar-refractivity contribution in [3.63, 3.8) is 0 Å². The molecule has 15 heteroatoms. The minimum Gasteiger partial charge on any atom is -0.414 e. The Labute approximate surface area is 219 Å². The van der Waals surface area contributed by atoms with Crippen LogP contribution in [0.15, 0.2) is 11.0 Å². The largest absolute Gasteiger partial charge is 0.471 e. The highest BCUT2D eigenvalue weighted by Gasteiger charge is 2.42. The Morgan fingerprint density at radius 2 is 1.95 bits per heavy atom. The van der Waals surface area contributed by atoms with Crippen LogP contribution in [0.25, 0.3) is 0 Å². The standard InChI is InChI=1S/C22H35F3N4O6SSi/c1-13(30)27-18-14(9-26-19(31)22(23,24)25)10-29(20(32)28-18)17-8-15(33-12-36-5)16(35-17)11-34-37(6,7)21(2,3)4/h10,15-17H,8-9,11-12H2,1-7H3,(H,26,31)(H,27,28,30,32). The van der Waals surface area contributed by atoms with E-state index in [0.717, 1.165) is 11.5 Å². The number of alkyl halides is 3. The Bertz CT molecular complexity index is 1030. The summed E-state index contributed by atoms with van der Waals surface area (Å²) in [4.78, 5) is 39.5. The zero-order valence-electron chi connectivity index (χ0n) is 22.0. The molecule has 3 unspecified atom stereocenters. The van der Waals surface area contributed by atoms with E-state index in [1.807, 2.05) is 6.26 Å². The van der Waals surface area contributed by atoms with Crippen molar-refractivity contribution in [2.45, 2.75) is 83.4 Å². The van der Waals surface area contributed by atoms with Gasteiger partial charge in [0.15, 0.2) is 8.32 Å². The van der Waals surface area contributed by atoms with E-state index < -0.39 is 57.0 Å². The predicted octanol–water partition coefficient (Wildman–Crippen LogP) is 3.40. The number of hydrogen-bond donors (Lipinski definition) is 2. The first-order valence-electron chi connectivity index (χ1n) is 11.6. The molecule has 210 valence electrons. The number of carbonyl (C=O) groups excluding carboxylic acids is 2. The van der Waals surface area contributed by atoms with E-state index in [1.165, 1.54) is 18.0 Å². The summed E-state index contributed by atoms with van der Waals surface area (Å²) in [6, 6.07) is 0. The summed E-state index contributed by atoms with van der Waals surface area (Å²) >= 11 is 1.48. The first kappa shape index (κ1) is 31.3. The van der Waals surface area contributed by atoms with E-state index in [-0.39, 0.29) is 29.4 Å². The number of aromatic nitrogens is 2. The molecule has 0 aromatic carbocycles. The van der Waals surface area contributed by atoms with Crippen molar-refractivity contribution in [1.82, 2.24) is 14.9 Å². The lowest BCUT2D eigenvalue weighted by atomic mass is 10.2. The highest BCUT2D eigenvalue weighted by molar-refractivity contribution is 7.98. The van der Waals surface area contributed by atoms with Crippen molar-refractivity contribution < 1.29 is 36.7 Å². The number of hydrogen-bond acceptors (Lipinski definition) is 8. The van der Waals surface area contributed by atoms with Crippen LogP contribution in [0.1, 0.15) is 45.9 Å². The first-order valence-corrected chi connectivity index (χ1v) is 15.9. The van der Waals surface area contributed by atoms with Gasteiger partial charge in [0.05, 0.1) is 18.6 Å². The van der Waals surface area contributed by atoms with Crippen LogP contribution in [0.4, 0.5) is 19.0 Å². The lowest BCUT2D eigenvalue weighted by Crippen LogP contribution is -2.44. The zero-order chi connectivity index (χ0) is 28.2. The molecule has 2 N–H and O–H groups in total. The molecule has 1 aromatic heterocycles. The molecule has 1 saturated heterocycles. The third kappa shape index (κ3) is 8.53. The molecule has 10 nitrogen and oxygen atoms in total. The molecule has 0 aliphatic carbocycles. The van der Waals surface area contributed by atoms with E-state index in [9.17, 15) is 27.6 Å². The fraction of sp³-hybridized carbons (Fsp3) is 0.727. The minimum atomic E-state index is -5.09. The predicted molar refractivity (Wildman–Crippen MR) is 136 cm³/mol. The number of halogens is 3. The average molecular weight is 569 g/mol. The molecule has 0 bridgehead atoms. The van der Waals surface area contributed by atoms with Gasteiger partial charge in [-0.3, -0.25) is 14.2 Å². The summed E-state index contributed by atoms with van der Waals surface area (Å²) in [6.07, 6.45) is -3.47. The second kappa shape index (κ2) is 12.3. The number of ether oxygens (including phenoxy) is 2. The zero-order valence-corrected chi connectivity index (χ0v) is 23.8. The maximum Gasteiger partial charge on any atom is 0.471 e. The highest BCUT2D eigenvalue weighted by atomic mass is 32.2. The van der Waals surface area contributed by atoms with Gasteiger partial charge in [-0.1, -0.05) is 20.8 Å². The van der Waals surface area contributed by atoms with E-state index in [0.29, 0.717) is 5.94 Å². The first-order chi connectivity index (χ1) is 17.0. The second-order valence-electron chi connectivity index (χ2n) is 10.2. The fourth-order valence-electron chi connectivity index (χ4n) is 3.25. The fourth-order valence-corrected chi connectivity index (χ4v) is 4.58. The highest BCUT2D eigenvalue weighted by Crippen LogP contribution is 2.38. The topological polar surface area (TPSA) is 121 Å². The number of nitrogens with zero attached hydrogens (tertiary/aromatic N) is 2. The summed E-state index contributed by atoms with van der Waals surface area (Å²) in [5, 5.41) is 4.01. The molecule has 0 spiro atoms. The lowest BCUT2D eigenvalue weighted by Gasteiger charge is -2.37. The summed E-state index contributed by atoms with van der Waals surface area (Å²) < 4.78 is 57.5. The van der Waals surface area contributed by atoms with Gasteiger partial charge < -0.3 is 24.5 Å². The SMILES string of the molecule is CSCOC1CC(n2cc(CNC(=O)C(F)(F)F)c(NC(C)=O)nc2=O)OC1CO[Si](C)(C)C(C)(C)C. The smallest absolute Gasteiger partial charge is 0.414 e. The van der Waals surface area contributed by atoms with Crippen LogP contribution in [0.5, 0.6) is 0 Å². The molecule has 1 fully saturated rings. The van der Waals surface area contributed by atoms with Crippen LogP contribution >= 0.6 is 11.8 Å². The van der Waals surface area contributed by atoms with Crippen LogP contribution in [-0.2, 0) is 30.0 Å². The molecular formula is C22H35F3N4O6SSi. The van der Waals surface area contributed by atoms with Crippen LogP contribution in [0, 0.1) is 0 Å². The van der Waals surface area contributed by atoms with Crippen molar-refractivity contribution in [3.8, 4) is 0 Å². The van der Waals surface area contributed by atoms with Crippen molar-refractivity contribution in [1.29, 1.82) is 0 Å². The van der Waals surface area contributed by atoms with E-state index >= 15 is 0 Å². The van der Waals surface area contributed by atoms with Crippen molar-refractivity contribution >= 4 is 37.7 Å². The maximum absolute atomic E-state index is 12.8.